The van der Waals surface area contributed by atoms with Crippen molar-refractivity contribution in [3.63, 3.8) is 0 Å². The molecule has 0 radical (unpaired) electrons. The van der Waals surface area contributed by atoms with Gasteiger partial charge in [-0.15, -0.1) is 10.2 Å². The third-order valence-corrected chi connectivity index (χ3v) is 4.96. The molecule has 0 atom stereocenters. The zero-order chi connectivity index (χ0) is 17.1. The van der Waals surface area contributed by atoms with Crippen LogP contribution in [0.25, 0.3) is 5.69 Å². The zero-order valence-corrected chi connectivity index (χ0v) is 15.7. The molecule has 1 N–H and O–H groups in total. The molecule has 0 unspecified atom stereocenters. The fourth-order valence-corrected chi connectivity index (χ4v) is 3.46. The number of methoxy groups -OCH3 is 1. The van der Waals surface area contributed by atoms with Crippen LogP contribution in [0.3, 0.4) is 0 Å². The number of rotatable bonds is 4. The van der Waals surface area contributed by atoms with Gasteiger partial charge < -0.3 is 9.84 Å². The molecule has 0 bridgehead atoms. The van der Waals surface area contributed by atoms with E-state index in [1.165, 1.54) is 11.3 Å². The highest BCUT2D eigenvalue weighted by Crippen LogP contribution is 2.38. The Bertz CT molecular complexity index is 949. The number of halogens is 1. The van der Waals surface area contributed by atoms with Crippen LogP contribution in [-0.4, -0.2) is 16.8 Å². The highest BCUT2D eigenvalue weighted by molar-refractivity contribution is 9.10. The molecule has 0 saturated carbocycles. The first-order chi connectivity index (χ1) is 11.6. The van der Waals surface area contributed by atoms with Gasteiger partial charge in [0, 0.05) is 4.47 Å². The van der Waals surface area contributed by atoms with Gasteiger partial charge in [-0.05, 0) is 48.6 Å². The smallest absolute Gasteiger partial charge is 0.236 e. The lowest BCUT2D eigenvalue weighted by molar-refractivity contribution is 0.415. The Morgan fingerprint density at radius 2 is 1.83 bits per heavy atom. The minimum Gasteiger partial charge on any atom is -0.494 e. The first kappa shape index (κ1) is 16.8. The van der Waals surface area contributed by atoms with Crippen molar-refractivity contribution < 1.29 is 9.84 Å². The maximum absolute atomic E-state index is 10.4. The lowest BCUT2D eigenvalue weighted by Gasteiger charge is -2.04. The molecule has 5 nitrogen and oxygen atoms in total. The lowest BCUT2D eigenvalue weighted by Crippen LogP contribution is -1.91. The van der Waals surface area contributed by atoms with Crippen LogP contribution < -0.4 is 4.74 Å². The Hall–Kier alpha value is -2.03. The predicted octanol–water partition coefficient (Wildman–Crippen LogP) is 6.16. The fraction of sp³-hybridized carbons (Fsp3) is 0.0625. The van der Waals surface area contributed by atoms with Gasteiger partial charge in [0.1, 0.15) is 11.4 Å². The van der Waals surface area contributed by atoms with Crippen molar-refractivity contribution in [3.05, 3.63) is 57.0 Å². The molecule has 0 saturated heterocycles. The summed E-state index contributed by atoms with van der Waals surface area (Å²) >= 11 is 9.91. The molecular formula is C16H12BrN3O2S2. The quantitative estimate of drug-likeness (QED) is 0.405. The molecule has 1 heterocycles. The molecule has 0 aliphatic rings. The minimum atomic E-state index is -0.0361. The summed E-state index contributed by atoms with van der Waals surface area (Å²) in [7, 11) is 1.57. The summed E-state index contributed by atoms with van der Waals surface area (Å²) in [6.07, 6.45) is 0. The number of hydrogen-bond acceptors (Lipinski definition) is 6. The molecular weight excluding hydrogens is 410 g/mol. The first-order valence-electron chi connectivity index (χ1n) is 6.85. The summed E-state index contributed by atoms with van der Waals surface area (Å²) in [6.45, 7) is 0. The molecule has 3 aromatic rings. The standard InChI is InChI=1S/C16H12BrN3O2S2/c1-22-13-5-3-2-4-12(13)18-19-14-15(21)20(16(23)24-14)11-8-6-10(17)7-9-11/h2-9,21H,1H3. The van der Waals surface area contributed by atoms with Gasteiger partial charge in [-0.25, -0.2) is 0 Å². The maximum atomic E-state index is 10.4. The molecule has 122 valence electrons. The second kappa shape index (κ2) is 7.25. The van der Waals surface area contributed by atoms with E-state index in [1.54, 1.807) is 23.8 Å². The normalized spacial score (nSPS) is 11.1. The zero-order valence-electron chi connectivity index (χ0n) is 12.5. The Morgan fingerprint density at radius 1 is 1.12 bits per heavy atom. The van der Waals surface area contributed by atoms with Crippen LogP contribution in [0.4, 0.5) is 10.7 Å². The lowest BCUT2D eigenvalue weighted by atomic mass is 10.3. The Kier molecular flexibility index (Phi) is 5.08. The van der Waals surface area contributed by atoms with Crippen molar-refractivity contribution in [2.24, 2.45) is 10.2 Å². The monoisotopic (exact) mass is 421 g/mol. The summed E-state index contributed by atoms with van der Waals surface area (Å²) in [4.78, 5) is 0. The van der Waals surface area contributed by atoms with Crippen molar-refractivity contribution in [1.82, 2.24) is 4.57 Å². The molecule has 8 heteroatoms. The van der Waals surface area contributed by atoms with E-state index in [-0.39, 0.29) is 5.88 Å². The van der Waals surface area contributed by atoms with E-state index < -0.39 is 0 Å². The Balaban J connectivity index is 1.99. The molecule has 0 spiro atoms. The highest BCUT2D eigenvalue weighted by atomic mass is 79.9. The third-order valence-electron chi connectivity index (χ3n) is 3.19. The molecule has 0 fully saturated rings. The third kappa shape index (κ3) is 3.40. The van der Waals surface area contributed by atoms with Crippen molar-refractivity contribution in [1.29, 1.82) is 0 Å². The van der Waals surface area contributed by atoms with Crippen LogP contribution >= 0.6 is 39.5 Å². The van der Waals surface area contributed by atoms with Gasteiger partial charge in [0.15, 0.2) is 3.95 Å². The number of para-hydroxylation sites is 1. The average Bonchev–Trinajstić information content (AvgIpc) is 2.88. The highest BCUT2D eigenvalue weighted by Gasteiger charge is 2.13. The van der Waals surface area contributed by atoms with Crippen LogP contribution in [-0.2, 0) is 0 Å². The van der Waals surface area contributed by atoms with Crippen LogP contribution in [0.5, 0.6) is 11.6 Å². The van der Waals surface area contributed by atoms with Crippen molar-refractivity contribution >= 4 is 50.2 Å². The molecule has 0 aliphatic carbocycles. The van der Waals surface area contributed by atoms with Crippen LogP contribution in [0.15, 0.2) is 63.2 Å². The summed E-state index contributed by atoms with van der Waals surface area (Å²) in [5.41, 5.74) is 1.34. The number of aromatic nitrogens is 1. The molecule has 3 rings (SSSR count). The topological polar surface area (TPSA) is 59.1 Å². The van der Waals surface area contributed by atoms with Gasteiger partial charge in [-0.1, -0.05) is 39.4 Å². The van der Waals surface area contributed by atoms with Crippen molar-refractivity contribution in [2.45, 2.75) is 0 Å². The summed E-state index contributed by atoms with van der Waals surface area (Å²) in [5.74, 6) is 0.572. The largest absolute Gasteiger partial charge is 0.494 e. The SMILES string of the molecule is COc1ccccc1N=Nc1sc(=S)n(-c2ccc(Br)cc2)c1O. The Labute approximate surface area is 156 Å². The summed E-state index contributed by atoms with van der Waals surface area (Å²) in [5, 5.41) is 19.1. The Morgan fingerprint density at radius 3 is 2.54 bits per heavy atom. The number of hydrogen-bond donors (Lipinski definition) is 1. The van der Waals surface area contributed by atoms with Gasteiger partial charge in [-0.2, -0.15) is 0 Å². The van der Waals surface area contributed by atoms with E-state index in [9.17, 15) is 5.11 Å². The number of aromatic hydroxyl groups is 1. The molecule has 2 aromatic carbocycles. The number of thiazole rings is 1. The van der Waals surface area contributed by atoms with E-state index in [2.05, 4.69) is 26.2 Å². The van der Waals surface area contributed by atoms with Gasteiger partial charge in [0.25, 0.3) is 0 Å². The van der Waals surface area contributed by atoms with Gasteiger partial charge in [0.05, 0.1) is 12.8 Å². The fourth-order valence-electron chi connectivity index (χ4n) is 2.05. The predicted molar refractivity (Wildman–Crippen MR) is 101 cm³/mol. The van der Waals surface area contributed by atoms with E-state index in [4.69, 9.17) is 17.0 Å². The second-order valence-electron chi connectivity index (χ2n) is 4.68. The van der Waals surface area contributed by atoms with Gasteiger partial charge in [0.2, 0.25) is 10.9 Å². The summed E-state index contributed by atoms with van der Waals surface area (Å²) in [6, 6.07) is 14.7. The van der Waals surface area contributed by atoms with E-state index in [0.717, 1.165) is 10.2 Å². The van der Waals surface area contributed by atoms with Crippen LogP contribution in [0, 0.1) is 3.95 Å². The number of nitrogens with zero attached hydrogens (tertiary/aromatic N) is 3. The second-order valence-corrected chi connectivity index (χ2v) is 7.22. The van der Waals surface area contributed by atoms with Crippen LogP contribution in [0.1, 0.15) is 0 Å². The maximum Gasteiger partial charge on any atom is 0.236 e. The minimum absolute atomic E-state index is 0.0361. The first-order valence-corrected chi connectivity index (χ1v) is 8.87. The number of benzene rings is 2. The van der Waals surface area contributed by atoms with Crippen molar-refractivity contribution in [3.8, 4) is 17.3 Å². The van der Waals surface area contributed by atoms with E-state index in [0.29, 0.717) is 20.4 Å². The molecule has 0 amide bonds. The number of azo groups is 1. The molecule has 0 aliphatic heterocycles. The number of ether oxygens (including phenoxy) is 1. The molecule has 24 heavy (non-hydrogen) atoms. The van der Waals surface area contributed by atoms with Gasteiger partial charge >= 0.3 is 0 Å². The van der Waals surface area contributed by atoms with Gasteiger partial charge in [-0.3, -0.25) is 4.57 Å². The molecule has 1 aromatic heterocycles. The summed E-state index contributed by atoms with van der Waals surface area (Å²) < 4.78 is 8.23. The average molecular weight is 422 g/mol. The van der Waals surface area contributed by atoms with Crippen molar-refractivity contribution in [2.75, 3.05) is 7.11 Å². The van der Waals surface area contributed by atoms with Crippen LogP contribution in [0.2, 0.25) is 0 Å². The van der Waals surface area contributed by atoms with E-state index in [1.807, 2.05) is 36.4 Å². The van der Waals surface area contributed by atoms with E-state index >= 15 is 0 Å².